The molecule has 3 aromatic rings. The fourth-order valence-corrected chi connectivity index (χ4v) is 3.35. The molecule has 0 fully saturated rings. The molecule has 166 valence electrons. The minimum Gasteiger partial charge on any atom is -0.497 e. The lowest BCUT2D eigenvalue weighted by Gasteiger charge is -2.19. The van der Waals surface area contributed by atoms with Gasteiger partial charge in [-0.3, -0.25) is 14.4 Å². The van der Waals surface area contributed by atoms with Gasteiger partial charge in [-0.05, 0) is 59.7 Å². The van der Waals surface area contributed by atoms with Crippen molar-refractivity contribution in [3.63, 3.8) is 0 Å². The lowest BCUT2D eigenvalue weighted by molar-refractivity contribution is -0.112. The summed E-state index contributed by atoms with van der Waals surface area (Å²) in [6, 6.07) is 14.6. The molecule has 0 radical (unpaired) electrons. The summed E-state index contributed by atoms with van der Waals surface area (Å²) in [7, 11) is 1.56. The van der Waals surface area contributed by atoms with E-state index in [-0.39, 0.29) is 34.5 Å². The highest BCUT2D eigenvalue weighted by molar-refractivity contribution is 6.36. The first-order valence-electron chi connectivity index (χ1n) is 9.93. The van der Waals surface area contributed by atoms with Crippen molar-refractivity contribution in [1.29, 1.82) is 0 Å². The fourth-order valence-electron chi connectivity index (χ4n) is 3.35. The van der Waals surface area contributed by atoms with Crippen LogP contribution in [0.15, 0.2) is 66.2 Å². The van der Waals surface area contributed by atoms with Crippen molar-refractivity contribution < 1.29 is 27.9 Å². The van der Waals surface area contributed by atoms with Gasteiger partial charge in [-0.25, -0.2) is 8.78 Å². The Morgan fingerprint density at radius 1 is 1.00 bits per heavy atom. The Morgan fingerprint density at radius 3 is 2.45 bits per heavy atom. The first-order valence-corrected chi connectivity index (χ1v) is 9.93. The van der Waals surface area contributed by atoms with Gasteiger partial charge in [0.25, 0.3) is 11.8 Å². The number of hydrogen-bond donors (Lipinski definition) is 2. The molecule has 0 aromatic heterocycles. The molecule has 1 aliphatic heterocycles. The van der Waals surface area contributed by atoms with Crippen molar-refractivity contribution in [3.05, 3.63) is 100 Å². The summed E-state index contributed by atoms with van der Waals surface area (Å²) in [5.74, 6) is -3.12. The first-order chi connectivity index (χ1) is 15.9. The molecule has 3 aromatic carbocycles. The average molecular weight is 448 g/mol. The van der Waals surface area contributed by atoms with E-state index < -0.39 is 29.2 Å². The van der Waals surface area contributed by atoms with Crippen molar-refractivity contribution in [2.45, 2.75) is 6.54 Å². The zero-order chi connectivity index (χ0) is 23.5. The molecule has 6 nitrogen and oxygen atoms in total. The minimum absolute atomic E-state index is 0.125. The number of anilines is 1. The molecule has 4 rings (SSSR count). The van der Waals surface area contributed by atoms with Crippen LogP contribution in [0.25, 0.3) is 6.08 Å². The lowest BCUT2D eigenvalue weighted by Crippen LogP contribution is -2.28. The van der Waals surface area contributed by atoms with E-state index in [0.29, 0.717) is 5.75 Å². The van der Waals surface area contributed by atoms with E-state index in [9.17, 15) is 23.2 Å². The number of carbonyl (C=O) groups excluding carboxylic acids is 3. The number of carbonyl (C=O) groups is 3. The number of ketones is 1. The van der Waals surface area contributed by atoms with E-state index in [1.165, 1.54) is 30.3 Å². The number of ether oxygens (including phenoxy) is 1. The number of Topliss-reactive ketones (excluding diaryl/α,β-unsaturated/α-hetero) is 1. The van der Waals surface area contributed by atoms with Crippen LogP contribution >= 0.6 is 0 Å². The minimum atomic E-state index is -1.09. The molecule has 1 aliphatic rings. The summed E-state index contributed by atoms with van der Waals surface area (Å²) >= 11 is 0. The quantitative estimate of drug-likeness (QED) is 0.454. The number of benzene rings is 3. The van der Waals surface area contributed by atoms with Gasteiger partial charge in [-0.2, -0.15) is 0 Å². The topological polar surface area (TPSA) is 84.5 Å². The summed E-state index contributed by atoms with van der Waals surface area (Å²) in [6.07, 6.45) is 1.18. The highest BCUT2D eigenvalue weighted by Gasteiger charge is 2.29. The Labute approximate surface area is 187 Å². The first kappa shape index (κ1) is 21.9. The van der Waals surface area contributed by atoms with Crippen LogP contribution in [0.3, 0.4) is 0 Å². The van der Waals surface area contributed by atoms with Crippen molar-refractivity contribution in [3.8, 4) is 5.75 Å². The van der Waals surface area contributed by atoms with Gasteiger partial charge in [0, 0.05) is 17.7 Å². The highest BCUT2D eigenvalue weighted by Crippen LogP contribution is 2.28. The van der Waals surface area contributed by atoms with E-state index in [4.69, 9.17) is 4.74 Å². The number of rotatable bonds is 5. The van der Waals surface area contributed by atoms with Gasteiger partial charge in [0.15, 0.2) is 11.6 Å². The van der Waals surface area contributed by atoms with E-state index in [1.54, 1.807) is 19.2 Å². The molecule has 0 spiro atoms. The van der Waals surface area contributed by atoms with Crippen LogP contribution in [0, 0.1) is 11.6 Å². The monoisotopic (exact) mass is 448 g/mol. The van der Waals surface area contributed by atoms with Crippen LogP contribution in [-0.4, -0.2) is 24.7 Å². The van der Waals surface area contributed by atoms with E-state index in [1.807, 2.05) is 12.1 Å². The maximum absolute atomic E-state index is 13.5. The molecule has 1 heterocycles. The second kappa shape index (κ2) is 9.04. The zero-order valence-corrected chi connectivity index (χ0v) is 17.4. The molecular weight excluding hydrogens is 430 g/mol. The number of nitrogens with one attached hydrogen (secondary N) is 2. The molecule has 33 heavy (non-hydrogen) atoms. The second-order valence-electron chi connectivity index (χ2n) is 7.31. The molecule has 2 amide bonds. The summed E-state index contributed by atoms with van der Waals surface area (Å²) in [6.45, 7) is 0.270. The number of amides is 2. The summed E-state index contributed by atoms with van der Waals surface area (Å²) in [5.41, 5.74) is 1.40. The SMILES string of the molecule is COc1ccc(CNC(=O)c2ccc3c(c2)C(=O)/C(=C/c2ccc(F)c(F)c2)C(=O)N3)cc1. The molecule has 0 bridgehead atoms. The molecule has 0 aliphatic carbocycles. The van der Waals surface area contributed by atoms with Crippen LogP contribution in [0.5, 0.6) is 5.75 Å². The Kier molecular flexibility index (Phi) is 5.99. The van der Waals surface area contributed by atoms with Crippen LogP contribution in [0.1, 0.15) is 31.8 Å². The molecule has 0 saturated heterocycles. The van der Waals surface area contributed by atoms with Gasteiger partial charge in [-0.15, -0.1) is 0 Å². The summed E-state index contributed by atoms with van der Waals surface area (Å²) in [4.78, 5) is 38.0. The second-order valence-corrected chi connectivity index (χ2v) is 7.31. The van der Waals surface area contributed by atoms with Gasteiger partial charge in [-0.1, -0.05) is 18.2 Å². The van der Waals surface area contributed by atoms with Crippen LogP contribution < -0.4 is 15.4 Å². The lowest BCUT2D eigenvalue weighted by atomic mass is 9.93. The largest absolute Gasteiger partial charge is 0.497 e. The number of hydrogen-bond acceptors (Lipinski definition) is 4. The van der Waals surface area contributed by atoms with E-state index in [2.05, 4.69) is 10.6 Å². The Balaban J connectivity index is 1.55. The molecule has 0 saturated carbocycles. The maximum Gasteiger partial charge on any atom is 0.259 e. The number of halogens is 2. The van der Waals surface area contributed by atoms with Gasteiger partial charge in [0.05, 0.1) is 18.4 Å². The molecule has 0 atom stereocenters. The fraction of sp³-hybridized carbons (Fsp3) is 0.0800. The third kappa shape index (κ3) is 4.64. The van der Waals surface area contributed by atoms with Gasteiger partial charge in [0.1, 0.15) is 5.75 Å². The zero-order valence-electron chi connectivity index (χ0n) is 17.4. The molecule has 8 heteroatoms. The van der Waals surface area contributed by atoms with Gasteiger partial charge >= 0.3 is 0 Å². The van der Waals surface area contributed by atoms with Gasteiger partial charge in [0.2, 0.25) is 5.78 Å². The van der Waals surface area contributed by atoms with E-state index >= 15 is 0 Å². The Hall–Kier alpha value is -4.33. The predicted molar refractivity (Wildman–Crippen MR) is 118 cm³/mol. The van der Waals surface area contributed by atoms with Crippen molar-refractivity contribution >= 4 is 29.4 Å². The third-order valence-corrected chi connectivity index (χ3v) is 5.13. The Morgan fingerprint density at radius 2 is 1.76 bits per heavy atom. The summed E-state index contributed by atoms with van der Waals surface area (Å²) < 4.78 is 31.8. The molecular formula is C25H18F2N2O4. The normalized spacial score (nSPS) is 14.0. The third-order valence-electron chi connectivity index (χ3n) is 5.13. The van der Waals surface area contributed by atoms with Crippen molar-refractivity contribution in [2.75, 3.05) is 12.4 Å². The predicted octanol–water partition coefficient (Wildman–Crippen LogP) is 4.12. The number of fused-ring (bicyclic) bond motifs is 1. The standard InChI is InChI=1S/C25H18F2N2O4/c1-33-17-6-2-14(3-7-17)13-28-24(31)16-5-9-22-18(12-16)23(30)19(25(32)29-22)10-15-4-8-20(26)21(27)11-15/h2-12H,13H2,1H3,(H,28,31)(H,29,32)/b19-10-. The van der Waals surface area contributed by atoms with Crippen LogP contribution in [0.4, 0.5) is 14.5 Å². The van der Waals surface area contributed by atoms with E-state index in [0.717, 1.165) is 17.7 Å². The maximum atomic E-state index is 13.5. The smallest absolute Gasteiger partial charge is 0.259 e. The van der Waals surface area contributed by atoms with Crippen molar-refractivity contribution in [1.82, 2.24) is 5.32 Å². The van der Waals surface area contributed by atoms with Crippen molar-refractivity contribution in [2.24, 2.45) is 0 Å². The number of methoxy groups -OCH3 is 1. The molecule has 2 N–H and O–H groups in total. The highest BCUT2D eigenvalue weighted by atomic mass is 19.2. The molecule has 0 unspecified atom stereocenters. The average Bonchev–Trinajstić information content (AvgIpc) is 2.82. The van der Waals surface area contributed by atoms with Crippen LogP contribution in [0.2, 0.25) is 0 Å². The van der Waals surface area contributed by atoms with Crippen LogP contribution in [-0.2, 0) is 11.3 Å². The Bertz CT molecular complexity index is 1300. The summed E-state index contributed by atoms with van der Waals surface area (Å²) in [5, 5.41) is 5.36. The van der Waals surface area contributed by atoms with Gasteiger partial charge < -0.3 is 15.4 Å².